The largest absolute Gasteiger partial charge is 0.447 e. The average molecular weight is 589 g/mol. The Bertz CT molecular complexity index is 1240. The Morgan fingerprint density at radius 2 is 1.85 bits per heavy atom. The van der Waals surface area contributed by atoms with Crippen molar-refractivity contribution in [3.63, 3.8) is 0 Å². The number of carbonyl (C=O) groups excluding carboxylic acids is 3. The van der Waals surface area contributed by atoms with E-state index in [1.54, 1.807) is 33.9 Å². The summed E-state index contributed by atoms with van der Waals surface area (Å²) in [6.45, 7) is 5.37. The van der Waals surface area contributed by atoms with Gasteiger partial charge in [0.1, 0.15) is 18.0 Å². The maximum absolute atomic E-state index is 14.7. The van der Waals surface area contributed by atoms with E-state index in [2.05, 4.69) is 5.32 Å². The van der Waals surface area contributed by atoms with Crippen molar-refractivity contribution in [3.05, 3.63) is 70.5 Å². The Hall–Kier alpha value is -3.17. The lowest BCUT2D eigenvalue weighted by molar-refractivity contribution is -0.131. The second-order valence-electron chi connectivity index (χ2n) is 11.9. The van der Waals surface area contributed by atoms with Crippen LogP contribution in [-0.4, -0.2) is 60.0 Å². The molecule has 2 atom stereocenters. The number of methoxy groups -OCH3 is 1. The predicted octanol–water partition coefficient (Wildman–Crippen LogP) is 6.40. The fourth-order valence-corrected chi connectivity index (χ4v) is 5.80. The van der Waals surface area contributed by atoms with Crippen LogP contribution in [0.15, 0.2) is 48.5 Å². The Morgan fingerprint density at radius 3 is 2.46 bits per heavy atom. The molecule has 2 aromatic carbocycles. The van der Waals surface area contributed by atoms with Crippen LogP contribution in [0.1, 0.15) is 69.9 Å². The van der Waals surface area contributed by atoms with Crippen molar-refractivity contribution in [2.24, 2.45) is 0 Å². The first kappa shape index (κ1) is 30.8. The van der Waals surface area contributed by atoms with Crippen molar-refractivity contribution in [1.29, 1.82) is 0 Å². The van der Waals surface area contributed by atoms with E-state index < -0.39 is 47.0 Å². The van der Waals surface area contributed by atoms with Crippen LogP contribution >= 0.6 is 11.6 Å². The maximum Gasteiger partial charge on any atom is 0.417 e. The molecule has 1 saturated heterocycles. The highest BCUT2D eigenvalue weighted by Crippen LogP contribution is 2.40. The molecule has 1 aliphatic heterocycles. The molecule has 8 nitrogen and oxygen atoms in total. The van der Waals surface area contributed by atoms with Crippen molar-refractivity contribution in [2.45, 2.75) is 88.5 Å². The third-order valence-corrected chi connectivity index (χ3v) is 8.05. The Labute approximate surface area is 245 Å². The van der Waals surface area contributed by atoms with Gasteiger partial charge in [0.2, 0.25) is 5.91 Å². The van der Waals surface area contributed by atoms with Gasteiger partial charge < -0.3 is 19.5 Å². The molecule has 222 valence electrons. The third-order valence-electron chi connectivity index (χ3n) is 7.74. The highest BCUT2D eigenvalue weighted by Gasteiger charge is 2.46. The molecule has 1 heterocycles. The summed E-state index contributed by atoms with van der Waals surface area (Å²) < 4.78 is 31.2. The molecule has 3 amide bonds. The number of amides is 3. The molecule has 1 saturated carbocycles. The van der Waals surface area contributed by atoms with E-state index in [0.29, 0.717) is 37.7 Å². The number of alkyl carbamates (subject to hydrolysis) is 1. The number of nitrogens with zero attached hydrogens (tertiary/aromatic N) is 1. The number of cyclic esters (lactones) is 1. The first-order valence-corrected chi connectivity index (χ1v) is 14.3. The van der Waals surface area contributed by atoms with Crippen molar-refractivity contribution in [3.8, 4) is 0 Å². The molecule has 4 rings (SSSR count). The molecule has 0 radical (unpaired) electrons. The molecular formula is C31H38ClFN2O6. The standard InChI is InChI=1S/C31H38ClFN2O6/c1-30(2,3)41-28(37)34-31(14-12-23(39-4)13-15-31)18-24(21-10-11-25(32)26(33)17-21)27(36)35-22(19-40-29(35)38)16-20-8-6-5-7-9-20/h5-11,17,22-24H,12-16,18-19H2,1-4H3,(H,34,37)/t22-,23?,24?,31?/m1/s1. The van der Waals surface area contributed by atoms with Crippen LogP contribution < -0.4 is 5.32 Å². The fraction of sp³-hybridized carbons (Fsp3) is 0.516. The Balaban J connectivity index is 1.69. The third kappa shape index (κ3) is 7.77. The van der Waals surface area contributed by atoms with Crippen LogP contribution in [0.3, 0.4) is 0 Å². The molecule has 1 aliphatic carbocycles. The molecular weight excluding hydrogens is 551 g/mol. The quantitative estimate of drug-likeness (QED) is 0.384. The number of hydrogen-bond donors (Lipinski definition) is 1. The smallest absolute Gasteiger partial charge is 0.417 e. The molecule has 2 aliphatic rings. The van der Waals surface area contributed by atoms with Gasteiger partial charge in [-0.05, 0) is 82.6 Å². The monoisotopic (exact) mass is 588 g/mol. The summed E-state index contributed by atoms with van der Waals surface area (Å²) in [5.41, 5.74) is -0.294. The van der Waals surface area contributed by atoms with Gasteiger partial charge in [-0.15, -0.1) is 0 Å². The van der Waals surface area contributed by atoms with Crippen molar-refractivity contribution in [1.82, 2.24) is 10.2 Å². The second kappa shape index (κ2) is 12.8. The highest BCUT2D eigenvalue weighted by molar-refractivity contribution is 6.30. The molecule has 2 fully saturated rings. The minimum absolute atomic E-state index is 0.00880. The molecule has 0 aromatic heterocycles. The summed E-state index contributed by atoms with van der Waals surface area (Å²) in [7, 11) is 1.65. The lowest BCUT2D eigenvalue weighted by Gasteiger charge is -2.43. The van der Waals surface area contributed by atoms with E-state index in [0.717, 1.165) is 10.5 Å². The van der Waals surface area contributed by atoms with Gasteiger partial charge >= 0.3 is 12.2 Å². The second-order valence-corrected chi connectivity index (χ2v) is 12.3. The van der Waals surface area contributed by atoms with E-state index in [-0.39, 0.29) is 24.2 Å². The maximum atomic E-state index is 14.7. The van der Waals surface area contributed by atoms with E-state index in [1.807, 2.05) is 30.3 Å². The van der Waals surface area contributed by atoms with Gasteiger partial charge in [-0.3, -0.25) is 4.79 Å². The summed E-state index contributed by atoms with van der Waals surface area (Å²) >= 11 is 5.98. The number of rotatable bonds is 8. The summed E-state index contributed by atoms with van der Waals surface area (Å²) in [4.78, 5) is 41.4. The predicted molar refractivity (Wildman–Crippen MR) is 152 cm³/mol. The summed E-state index contributed by atoms with van der Waals surface area (Å²) in [6.07, 6.45) is 1.48. The molecule has 1 unspecified atom stereocenters. The lowest BCUT2D eigenvalue weighted by atomic mass is 9.73. The van der Waals surface area contributed by atoms with E-state index in [9.17, 15) is 18.8 Å². The van der Waals surface area contributed by atoms with Crippen molar-refractivity contribution < 1.29 is 33.0 Å². The SMILES string of the molecule is COC1CCC(CC(C(=O)N2C(=O)OC[C@H]2Cc2ccccc2)c2ccc(Cl)c(F)c2)(NC(=O)OC(C)(C)C)CC1. The van der Waals surface area contributed by atoms with Gasteiger partial charge in [-0.25, -0.2) is 18.9 Å². The molecule has 1 N–H and O–H groups in total. The van der Waals surface area contributed by atoms with Gasteiger partial charge in [-0.1, -0.05) is 48.0 Å². The van der Waals surface area contributed by atoms with Gasteiger partial charge in [-0.2, -0.15) is 0 Å². The molecule has 41 heavy (non-hydrogen) atoms. The van der Waals surface area contributed by atoms with Crippen LogP contribution in [-0.2, 0) is 25.4 Å². The molecule has 2 aromatic rings. The Kier molecular flexibility index (Phi) is 9.59. The number of benzene rings is 2. The molecule has 10 heteroatoms. The van der Waals surface area contributed by atoms with Gasteiger partial charge in [0, 0.05) is 12.6 Å². The summed E-state index contributed by atoms with van der Waals surface area (Å²) in [5.74, 6) is -2.17. The zero-order valence-corrected chi connectivity index (χ0v) is 24.7. The average Bonchev–Trinajstić information content (AvgIpc) is 3.28. The minimum atomic E-state index is -0.972. The van der Waals surface area contributed by atoms with Gasteiger partial charge in [0.15, 0.2) is 0 Å². The number of imide groups is 1. The van der Waals surface area contributed by atoms with Crippen molar-refractivity contribution in [2.75, 3.05) is 13.7 Å². The fourth-order valence-electron chi connectivity index (χ4n) is 5.68. The minimum Gasteiger partial charge on any atom is -0.447 e. The van der Waals surface area contributed by atoms with Gasteiger partial charge in [0.05, 0.1) is 23.1 Å². The van der Waals surface area contributed by atoms with E-state index in [4.69, 9.17) is 25.8 Å². The van der Waals surface area contributed by atoms with Crippen LogP contribution in [0.2, 0.25) is 5.02 Å². The van der Waals surface area contributed by atoms with Crippen LogP contribution in [0.5, 0.6) is 0 Å². The lowest BCUT2D eigenvalue weighted by Crippen LogP contribution is -2.55. The van der Waals surface area contributed by atoms with E-state index in [1.165, 1.54) is 12.1 Å². The topological polar surface area (TPSA) is 94.2 Å². The van der Waals surface area contributed by atoms with Crippen LogP contribution in [0.25, 0.3) is 0 Å². The van der Waals surface area contributed by atoms with Gasteiger partial charge in [0.25, 0.3) is 0 Å². The highest BCUT2D eigenvalue weighted by atomic mass is 35.5. The number of nitrogens with one attached hydrogen (secondary N) is 1. The normalized spacial score (nSPS) is 23.6. The summed E-state index contributed by atoms with van der Waals surface area (Å²) in [6, 6.07) is 13.2. The van der Waals surface area contributed by atoms with Crippen LogP contribution in [0, 0.1) is 5.82 Å². The zero-order valence-electron chi connectivity index (χ0n) is 24.0. The number of ether oxygens (including phenoxy) is 3. The summed E-state index contributed by atoms with van der Waals surface area (Å²) in [5, 5.41) is 2.97. The molecule has 0 bridgehead atoms. The number of carbonyl (C=O) groups is 3. The first-order valence-electron chi connectivity index (χ1n) is 13.9. The number of halogens is 2. The van der Waals surface area contributed by atoms with Crippen molar-refractivity contribution >= 4 is 29.7 Å². The first-order chi connectivity index (χ1) is 19.4. The van der Waals surface area contributed by atoms with E-state index >= 15 is 0 Å². The zero-order chi connectivity index (χ0) is 29.8. The number of hydrogen-bond acceptors (Lipinski definition) is 6. The van der Waals surface area contributed by atoms with Crippen LogP contribution in [0.4, 0.5) is 14.0 Å². The Morgan fingerprint density at radius 1 is 1.17 bits per heavy atom. The molecule has 0 spiro atoms.